The minimum atomic E-state index is -3.79. The lowest BCUT2D eigenvalue weighted by Crippen LogP contribution is -2.13. The van der Waals surface area contributed by atoms with Crippen LogP contribution in [-0.4, -0.2) is 21.4 Å². The summed E-state index contributed by atoms with van der Waals surface area (Å²) in [6.07, 6.45) is 2.97. The van der Waals surface area contributed by atoms with Crippen LogP contribution in [0.3, 0.4) is 0 Å². The molecule has 0 fully saturated rings. The van der Waals surface area contributed by atoms with Gasteiger partial charge in [-0.05, 0) is 60.5 Å². The number of hydrogen-bond donors (Lipinski definition) is 2. The number of halogens is 1. The number of para-hydroxylation sites is 2. The Kier molecular flexibility index (Phi) is 6.99. The zero-order valence-electron chi connectivity index (χ0n) is 16.9. The molecule has 3 aromatic carbocycles. The van der Waals surface area contributed by atoms with Crippen LogP contribution >= 0.6 is 11.6 Å². The summed E-state index contributed by atoms with van der Waals surface area (Å²) in [5.41, 5.74) is 2.55. The Morgan fingerprint density at radius 2 is 1.71 bits per heavy atom. The Morgan fingerprint density at radius 1 is 1.00 bits per heavy atom. The van der Waals surface area contributed by atoms with Crippen molar-refractivity contribution in [2.24, 2.45) is 0 Å². The van der Waals surface area contributed by atoms with E-state index >= 15 is 0 Å². The fourth-order valence-electron chi connectivity index (χ4n) is 2.77. The maximum Gasteiger partial charge on any atom is 0.262 e. The van der Waals surface area contributed by atoms with E-state index in [9.17, 15) is 13.2 Å². The van der Waals surface area contributed by atoms with Gasteiger partial charge in [0.15, 0.2) is 0 Å². The molecule has 0 bridgehead atoms. The predicted octanol–water partition coefficient (Wildman–Crippen LogP) is 5.11. The van der Waals surface area contributed by atoms with Gasteiger partial charge in [-0.25, -0.2) is 8.42 Å². The van der Waals surface area contributed by atoms with Crippen LogP contribution in [0.5, 0.6) is 5.75 Å². The molecule has 0 aromatic heterocycles. The summed E-state index contributed by atoms with van der Waals surface area (Å²) in [6, 6.07) is 18.2. The predicted molar refractivity (Wildman–Crippen MR) is 124 cm³/mol. The summed E-state index contributed by atoms with van der Waals surface area (Å²) in [5, 5.41) is 3.30. The first-order valence-electron chi connectivity index (χ1n) is 9.29. The fourth-order valence-corrected chi connectivity index (χ4v) is 4.01. The van der Waals surface area contributed by atoms with Crippen LogP contribution in [0, 0.1) is 6.92 Å². The van der Waals surface area contributed by atoms with Crippen molar-refractivity contribution in [2.45, 2.75) is 11.8 Å². The minimum Gasteiger partial charge on any atom is -0.495 e. The number of anilines is 2. The zero-order chi connectivity index (χ0) is 22.4. The summed E-state index contributed by atoms with van der Waals surface area (Å²) in [7, 11) is -2.32. The molecule has 3 aromatic rings. The molecular formula is C23H21ClN2O4S. The maximum absolute atomic E-state index is 12.7. The van der Waals surface area contributed by atoms with Crippen molar-refractivity contribution in [3.8, 4) is 5.75 Å². The molecule has 0 unspecified atom stereocenters. The third kappa shape index (κ3) is 5.87. The molecule has 0 saturated heterocycles. The monoisotopic (exact) mass is 456 g/mol. The SMILES string of the molecule is COc1ccccc1NS(=O)(=O)c1ccc(/C=C/C(=O)Nc2cc(Cl)ccc2C)cc1. The minimum absolute atomic E-state index is 0.0922. The first-order chi connectivity index (χ1) is 14.8. The number of nitrogens with one attached hydrogen (secondary N) is 2. The van der Waals surface area contributed by atoms with E-state index in [2.05, 4.69) is 10.0 Å². The van der Waals surface area contributed by atoms with E-state index in [1.807, 2.05) is 13.0 Å². The van der Waals surface area contributed by atoms with Gasteiger partial charge in [0.1, 0.15) is 5.75 Å². The summed E-state index contributed by atoms with van der Waals surface area (Å²) in [6.45, 7) is 1.87. The first-order valence-corrected chi connectivity index (χ1v) is 11.2. The third-order valence-corrected chi connectivity index (χ3v) is 6.04. The molecule has 160 valence electrons. The summed E-state index contributed by atoms with van der Waals surface area (Å²) in [4.78, 5) is 12.3. The number of methoxy groups -OCH3 is 1. The lowest BCUT2D eigenvalue weighted by atomic mass is 10.2. The smallest absolute Gasteiger partial charge is 0.262 e. The Morgan fingerprint density at radius 3 is 2.42 bits per heavy atom. The topological polar surface area (TPSA) is 84.5 Å². The molecule has 0 spiro atoms. The van der Waals surface area contributed by atoms with Gasteiger partial charge in [-0.3, -0.25) is 9.52 Å². The van der Waals surface area contributed by atoms with Crippen LogP contribution in [0.15, 0.2) is 77.7 Å². The van der Waals surface area contributed by atoms with Gasteiger partial charge in [0, 0.05) is 16.8 Å². The van der Waals surface area contributed by atoms with E-state index in [4.69, 9.17) is 16.3 Å². The van der Waals surface area contributed by atoms with Gasteiger partial charge >= 0.3 is 0 Å². The Labute approximate surface area is 186 Å². The van der Waals surface area contributed by atoms with Crippen molar-refractivity contribution < 1.29 is 17.9 Å². The number of hydrogen-bond acceptors (Lipinski definition) is 4. The van der Waals surface area contributed by atoms with Gasteiger partial charge in [0.25, 0.3) is 10.0 Å². The second-order valence-electron chi connectivity index (χ2n) is 6.66. The Bertz CT molecular complexity index is 1220. The summed E-state index contributed by atoms with van der Waals surface area (Å²) in [5.74, 6) is 0.103. The molecule has 0 aliphatic heterocycles. The average molecular weight is 457 g/mol. The van der Waals surface area contributed by atoms with Crippen LogP contribution in [0.25, 0.3) is 6.08 Å². The highest BCUT2D eigenvalue weighted by Gasteiger charge is 2.16. The number of benzene rings is 3. The van der Waals surface area contributed by atoms with Crippen LogP contribution in [-0.2, 0) is 14.8 Å². The highest BCUT2D eigenvalue weighted by atomic mass is 35.5. The van der Waals surface area contributed by atoms with E-state index in [0.29, 0.717) is 27.7 Å². The Balaban J connectivity index is 1.69. The van der Waals surface area contributed by atoms with Crippen molar-refractivity contribution in [1.29, 1.82) is 0 Å². The van der Waals surface area contributed by atoms with Crippen LogP contribution in [0.2, 0.25) is 5.02 Å². The quantitative estimate of drug-likeness (QED) is 0.484. The number of sulfonamides is 1. The standard InChI is InChI=1S/C23H21ClN2O4S/c1-16-7-11-18(24)15-21(16)25-23(27)14-10-17-8-12-19(13-9-17)31(28,29)26-20-5-3-4-6-22(20)30-2/h3-15,26H,1-2H3,(H,25,27)/b14-10+. The van der Waals surface area contributed by atoms with Gasteiger partial charge < -0.3 is 10.1 Å². The molecule has 0 atom stereocenters. The number of carbonyl (C=O) groups is 1. The molecule has 3 rings (SSSR count). The molecule has 2 N–H and O–H groups in total. The zero-order valence-corrected chi connectivity index (χ0v) is 18.5. The molecule has 6 nitrogen and oxygen atoms in total. The van der Waals surface area contributed by atoms with Crippen LogP contribution < -0.4 is 14.8 Å². The summed E-state index contributed by atoms with van der Waals surface area (Å²) >= 11 is 5.96. The molecule has 1 amide bonds. The van der Waals surface area contributed by atoms with Crippen LogP contribution in [0.1, 0.15) is 11.1 Å². The van der Waals surface area contributed by atoms with E-state index in [0.717, 1.165) is 5.56 Å². The van der Waals surface area contributed by atoms with E-state index in [1.54, 1.807) is 54.6 Å². The fraction of sp³-hybridized carbons (Fsp3) is 0.0870. The molecule has 8 heteroatoms. The van der Waals surface area contributed by atoms with Gasteiger partial charge in [-0.1, -0.05) is 41.9 Å². The summed E-state index contributed by atoms with van der Waals surface area (Å²) < 4.78 is 33.0. The number of aryl methyl sites for hydroxylation is 1. The van der Waals surface area contributed by atoms with Gasteiger partial charge in [0.2, 0.25) is 5.91 Å². The molecule has 31 heavy (non-hydrogen) atoms. The van der Waals surface area contributed by atoms with E-state index in [1.165, 1.54) is 25.3 Å². The molecular weight excluding hydrogens is 436 g/mol. The maximum atomic E-state index is 12.7. The molecule has 0 heterocycles. The number of carbonyl (C=O) groups excluding carboxylic acids is 1. The van der Waals surface area contributed by atoms with Crippen LogP contribution in [0.4, 0.5) is 11.4 Å². The largest absolute Gasteiger partial charge is 0.495 e. The Hall–Kier alpha value is -3.29. The highest BCUT2D eigenvalue weighted by molar-refractivity contribution is 7.92. The molecule has 0 aliphatic rings. The average Bonchev–Trinajstić information content (AvgIpc) is 2.75. The lowest BCUT2D eigenvalue weighted by molar-refractivity contribution is -0.111. The lowest BCUT2D eigenvalue weighted by Gasteiger charge is -2.11. The molecule has 0 aliphatic carbocycles. The van der Waals surface area contributed by atoms with Gasteiger partial charge in [0.05, 0.1) is 17.7 Å². The van der Waals surface area contributed by atoms with Crippen molar-refractivity contribution in [3.63, 3.8) is 0 Å². The first kappa shape index (κ1) is 22.4. The van der Waals surface area contributed by atoms with Gasteiger partial charge in [-0.2, -0.15) is 0 Å². The number of amides is 1. The van der Waals surface area contributed by atoms with Crippen molar-refractivity contribution in [2.75, 3.05) is 17.1 Å². The van der Waals surface area contributed by atoms with E-state index < -0.39 is 10.0 Å². The number of ether oxygens (including phenoxy) is 1. The third-order valence-electron chi connectivity index (χ3n) is 4.43. The molecule has 0 saturated carbocycles. The van der Waals surface area contributed by atoms with Crippen molar-refractivity contribution >= 4 is 45.0 Å². The second-order valence-corrected chi connectivity index (χ2v) is 8.78. The van der Waals surface area contributed by atoms with Crippen molar-refractivity contribution in [1.82, 2.24) is 0 Å². The normalized spacial score (nSPS) is 11.3. The van der Waals surface area contributed by atoms with Gasteiger partial charge in [-0.15, -0.1) is 0 Å². The number of rotatable bonds is 7. The highest BCUT2D eigenvalue weighted by Crippen LogP contribution is 2.26. The van der Waals surface area contributed by atoms with Crippen molar-refractivity contribution in [3.05, 3.63) is 89.0 Å². The van der Waals surface area contributed by atoms with E-state index in [-0.39, 0.29) is 10.8 Å². The second kappa shape index (κ2) is 9.68. The molecule has 0 radical (unpaired) electrons.